The van der Waals surface area contributed by atoms with Crippen molar-refractivity contribution in [3.05, 3.63) is 35.4 Å². The first-order chi connectivity index (χ1) is 8.33. The molecule has 1 saturated heterocycles. The van der Waals surface area contributed by atoms with Gasteiger partial charge in [-0.1, -0.05) is 31.2 Å². The van der Waals surface area contributed by atoms with Crippen molar-refractivity contribution in [3.63, 3.8) is 0 Å². The second-order valence-corrected chi connectivity index (χ2v) is 5.45. The van der Waals surface area contributed by atoms with Gasteiger partial charge in [-0.15, -0.1) is 0 Å². The average molecular weight is 231 g/mol. The Morgan fingerprint density at radius 1 is 1.29 bits per heavy atom. The molecule has 1 aliphatic carbocycles. The summed E-state index contributed by atoms with van der Waals surface area (Å²) in [5, 5.41) is 0. The van der Waals surface area contributed by atoms with Gasteiger partial charge in [0, 0.05) is 19.6 Å². The van der Waals surface area contributed by atoms with Crippen molar-refractivity contribution in [2.75, 3.05) is 26.3 Å². The third-order valence-electron chi connectivity index (χ3n) is 4.00. The SMILES string of the molecule is CC1CC1c1cccc(CN2CCOCC2)c1. The zero-order valence-electron chi connectivity index (χ0n) is 10.6. The van der Waals surface area contributed by atoms with Crippen LogP contribution < -0.4 is 0 Å². The Morgan fingerprint density at radius 3 is 2.76 bits per heavy atom. The first-order valence-corrected chi connectivity index (χ1v) is 6.72. The van der Waals surface area contributed by atoms with Crippen LogP contribution in [-0.2, 0) is 11.3 Å². The van der Waals surface area contributed by atoms with Crippen molar-refractivity contribution < 1.29 is 4.74 Å². The van der Waals surface area contributed by atoms with Crippen LogP contribution in [0.4, 0.5) is 0 Å². The Balaban J connectivity index is 1.65. The molecule has 0 amide bonds. The maximum absolute atomic E-state index is 5.38. The highest BCUT2D eigenvalue weighted by atomic mass is 16.5. The van der Waals surface area contributed by atoms with Gasteiger partial charge in [0.15, 0.2) is 0 Å². The molecule has 2 aliphatic rings. The minimum Gasteiger partial charge on any atom is -0.379 e. The van der Waals surface area contributed by atoms with Crippen molar-refractivity contribution in [1.82, 2.24) is 4.90 Å². The summed E-state index contributed by atoms with van der Waals surface area (Å²) in [5.74, 6) is 1.73. The van der Waals surface area contributed by atoms with Crippen LogP contribution in [0.2, 0.25) is 0 Å². The highest BCUT2D eigenvalue weighted by Crippen LogP contribution is 2.46. The standard InChI is InChI=1S/C15H21NO/c1-12-9-15(12)14-4-2-3-13(10-14)11-16-5-7-17-8-6-16/h2-4,10,12,15H,5-9,11H2,1H3. The molecule has 0 spiro atoms. The largest absolute Gasteiger partial charge is 0.379 e. The van der Waals surface area contributed by atoms with Gasteiger partial charge in [-0.25, -0.2) is 0 Å². The van der Waals surface area contributed by atoms with Crippen molar-refractivity contribution in [2.45, 2.75) is 25.8 Å². The number of ether oxygens (including phenoxy) is 1. The zero-order chi connectivity index (χ0) is 11.7. The summed E-state index contributed by atoms with van der Waals surface area (Å²) in [6, 6.07) is 9.17. The molecule has 92 valence electrons. The van der Waals surface area contributed by atoms with Gasteiger partial charge in [0.1, 0.15) is 0 Å². The fourth-order valence-electron chi connectivity index (χ4n) is 2.73. The molecule has 2 fully saturated rings. The first-order valence-electron chi connectivity index (χ1n) is 6.72. The Morgan fingerprint density at radius 2 is 2.06 bits per heavy atom. The molecule has 17 heavy (non-hydrogen) atoms. The molecule has 2 unspecified atom stereocenters. The third kappa shape index (κ3) is 2.70. The van der Waals surface area contributed by atoms with Crippen LogP contribution in [0.15, 0.2) is 24.3 Å². The fourth-order valence-corrected chi connectivity index (χ4v) is 2.73. The highest BCUT2D eigenvalue weighted by Gasteiger charge is 2.33. The zero-order valence-corrected chi connectivity index (χ0v) is 10.6. The number of hydrogen-bond acceptors (Lipinski definition) is 2. The van der Waals surface area contributed by atoms with E-state index in [-0.39, 0.29) is 0 Å². The molecule has 2 heteroatoms. The van der Waals surface area contributed by atoms with Gasteiger partial charge in [-0.05, 0) is 29.4 Å². The van der Waals surface area contributed by atoms with Gasteiger partial charge < -0.3 is 4.74 Å². The molecular formula is C15H21NO. The molecule has 2 nitrogen and oxygen atoms in total. The summed E-state index contributed by atoms with van der Waals surface area (Å²) in [6.07, 6.45) is 1.38. The van der Waals surface area contributed by atoms with Gasteiger partial charge in [0.25, 0.3) is 0 Å². The van der Waals surface area contributed by atoms with E-state index in [1.54, 1.807) is 5.56 Å². The van der Waals surface area contributed by atoms with E-state index < -0.39 is 0 Å². The van der Waals surface area contributed by atoms with Crippen LogP contribution in [-0.4, -0.2) is 31.2 Å². The van der Waals surface area contributed by atoms with E-state index in [2.05, 4.69) is 36.1 Å². The third-order valence-corrected chi connectivity index (χ3v) is 4.00. The fraction of sp³-hybridized carbons (Fsp3) is 0.600. The predicted molar refractivity (Wildman–Crippen MR) is 69.1 cm³/mol. The monoisotopic (exact) mass is 231 g/mol. The van der Waals surface area contributed by atoms with Gasteiger partial charge in [0.2, 0.25) is 0 Å². The van der Waals surface area contributed by atoms with Crippen molar-refractivity contribution in [2.24, 2.45) is 5.92 Å². The molecule has 0 radical (unpaired) electrons. The van der Waals surface area contributed by atoms with Gasteiger partial charge in [-0.3, -0.25) is 4.90 Å². The second kappa shape index (κ2) is 4.79. The lowest BCUT2D eigenvalue weighted by atomic mass is 10.1. The Kier molecular flexibility index (Phi) is 3.17. The van der Waals surface area contributed by atoms with Crippen LogP contribution >= 0.6 is 0 Å². The average Bonchev–Trinajstić information content (AvgIpc) is 3.08. The van der Waals surface area contributed by atoms with E-state index in [1.807, 2.05) is 0 Å². The summed E-state index contributed by atoms with van der Waals surface area (Å²) in [7, 11) is 0. The van der Waals surface area contributed by atoms with Crippen LogP contribution in [0, 0.1) is 5.92 Å². The molecule has 2 atom stereocenters. The molecule has 0 aromatic heterocycles. The highest BCUT2D eigenvalue weighted by molar-refractivity contribution is 5.30. The molecule has 1 saturated carbocycles. The van der Waals surface area contributed by atoms with Crippen molar-refractivity contribution >= 4 is 0 Å². The lowest BCUT2D eigenvalue weighted by Crippen LogP contribution is -2.35. The van der Waals surface area contributed by atoms with E-state index in [9.17, 15) is 0 Å². The van der Waals surface area contributed by atoms with E-state index in [0.717, 1.165) is 44.7 Å². The minimum atomic E-state index is 0.833. The van der Waals surface area contributed by atoms with Crippen LogP contribution in [0.1, 0.15) is 30.4 Å². The number of hydrogen-bond donors (Lipinski definition) is 0. The Hall–Kier alpha value is -0.860. The van der Waals surface area contributed by atoms with Crippen LogP contribution in [0.5, 0.6) is 0 Å². The van der Waals surface area contributed by atoms with E-state index in [1.165, 1.54) is 12.0 Å². The molecule has 1 heterocycles. The molecule has 1 aliphatic heterocycles. The lowest BCUT2D eigenvalue weighted by Gasteiger charge is -2.26. The summed E-state index contributed by atoms with van der Waals surface area (Å²) in [6.45, 7) is 7.35. The first kappa shape index (κ1) is 11.2. The molecule has 1 aromatic rings. The van der Waals surface area contributed by atoms with Gasteiger partial charge in [-0.2, -0.15) is 0 Å². The summed E-state index contributed by atoms with van der Waals surface area (Å²) in [5.41, 5.74) is 3.01. The maximum atomic E-state index is 5.38. The molecule has 1 aromatic carbocycles. The van der Waals surface area contributed by atoms with E-state index >= 15 is 0 Å². The van der Waals surface area contributed by atoms with E-state index in [4.69, 9.17) is 4.74 Å². The smallest absolute Gasteiger partial charge is 0.0594 e. The van der Waals surface area contributed by atoms with Crippen LogP contribution in [0.25, 0.3) is 0 Å². The molecule has 0 bridgehead atoms. The van der Waals surface area contributed by atoms with Gasteiger partial charge >= 0.3 is 0 Å². The van der Waals surface area contributed by atoms with Gasteiger partial charge in [0.05, 0.1) is 13.2 Å². The maximum Gasteiger partial charge on any atom is 0.0594 e. The Labute approximate surface area is 104 Å². The van der Waals surface area contributed by atoms with Crippen molar-refractivity contribution in [3.8, 4) is 0 Å². The van der Waals surface area contributed by atoms with Crippen LogP contribution in [0.3, 0.4) is 0 Å². The number of rotatable bonds is 3. The normalized spacial score (nSPS) is 29.2. The minimum absolute atomic E-state index is 0.833. The summed E-state index contributed by atoms with van der Waals surface area (Å²) < 4.78 is 5.38. The quantitative estimate of drug-likeness (QED) is 0.793. The number of morpholine rings is 1. The number of nitrogens with zero attached hydrogens (tertiary/aromatic N) is 1. The summed E-state index contributed by atoms with van der Waals surface area (Å²) in [4.78, 5) is 2.49. The second-order valence-electron chi connectivity index (χ2n) is 5.45. The molecular weight excluding hydrogens is 210 g/mol. The van der Waals surface area contributed by atoms with Crippen molar-refractivity contribution in [1.29, 1.82) is 0 Å². The summed E-state index contributed by atoms with van der Waals surface area (Å²) >= 11 is 0. The molecule has 0 N–H and O–H groups in total. The predicted octanol–water partition coefficient (Wildman–Crippen LogP) is 2.64. The molecule has 3 rings (SSSR count). The van der Waals surface area contributed by atoms with E-state index in [0.29, 0.717) is 0 Å². The number of benzene rings is 1. The lowest BCUT2D eigenvalue weighted by molar-refractivity contribution is 0.0342. The topological polar surface area (TPSA) is 12.5 Å². The Bertz CT molecular complexity index is 384.